The SMILES string of the molecule is Cc1nnc2sc(-c3ccc(NC(=O)C(C)(C)C)cc3)nn12. The molecule has 1 N–H and O–H groups in total. The number of hydrogen-bond donors (Lipinski definition) is 1. The summed E-state index contributed by atoms with van der Waals surface area (Å²) in [5, 5.41) is 16.3. The van der Waals surface area contributed by atoms with Gasteiger partial charge < -0.3 is 5.32 Å². The number of carbonyl (C=O) groups excluding carboxylic acids is 1. The van der Waals surface area contributed by atoms with Gasteiger partial charge in [-0.3, -0.25) is 4.79 Å². The van der Waals surface area contributed by atoms with E-state index in [1.165, 1.54) is 11.3 Å². The molecular formula is C15H17N5OS. The molecular weight excluding hydrogens is 298 g/mol. The van der Waals surface area contributed by atoms with E-state index in [-0.39, 0.29) is 5.91 Å². The monoisotopic (exact) mass is 315 g/mol. The smallest absolute Gasteiger partial charge is 0.234 e. The Morgan fingerprint density at radius 1 is 1.18 bits per heavy atom. The summed E-state index contributed by atoms with van der Waals surface area (Å²) < 4.78 is 1.73. The molecule has 0 aliphatic rings. The largest absolute Gasteiger partial charge is 0.326 e. The maximum atomic E-state index is 12.0. The van der Waals surface area contributed by atoms with E-state index in [2.05, 4.69) is 20.6 Å². The summed E-state index contributed by atoms with van der Waals surface area (Å²) in [7, 11) is 0. The lowest BCUT2D eigenvalue weighted by atomic mass is 9.95. The Kier molecular flexibility index (Phi) is 3.44. The summed E-state index contributed by atoms with van der Waals surface area (Å²) in [5.41, 5.74) is 1.36. The fourth-order valence-electron chi connectivity index (χ4n) is 1.85. The van der Waals surface area contributed by atoms with Crippen LogP contribution >= 0.6 is 11.3 Å². The molecule has 114 valence electrons. The molecule has 1 amide bonds. The van der Waals surface area contributed by atoms with Crippen LogP contribution in [0.3, 0.4) is 0 Å². The number of nitrogens with zero attached hydrogens (tertiary/aromatic N) is 4. The summed E-state index contributed by atoms with van der Waals surface area (Å²) in [6.45, 7) is 7.53. The van der Waals surface area contributed by atoms with Crippen LogP contribution in [0.5, 0.6) is 0 Å². The average Bonchev–Trinajstić information content (AvgIpc) is 3.01. The number of aromatic nitrogens is 4. The number of rotatable bonds is 2. The van der Waals surface area contributed by atoms with Crippen molar-refractivity contribution < 1.29 is 4.79 Å². The zero-order chi connectivity index (χ0) is 15.9. The van der Waals surface area contributed by atoms with Gasteiger partial charge in [0.25, 0.3) is 0 Å². The van der Waals surface area contributed by atoms with Crippen molar-refractivity contribution >= 4 is 27.9 Å². The van der Waals surface area contributed by atoms with Crippen molar-refractivity contribution in [3.8, 4) is 10.6 Å². The van der Waals surface area contributed by atoms with Crippen molar-refractivity contribution in [3.05, 3.63) is 30.1 Å². The van der Waals surface area contributed by atoms with Crippen molar-refractivity contribution in [2.45, 2.75) is 27.7 Å². The van der Waals surface area contributed by atoms with Crippen LogP contribution in [0, 0.1) is 12.3 Å². The third-order valence-corrected chi connectivity index (χ3v) is 4.17. The molecule has 22 heavy (non-hydrogen) atoms. The fraction of sp³-hybridized carbons (Fsp3) is 0.333. The van der Waals surface area contributed by atoms with Crippen LogP contribution in [0.2, 0.25) is 0 Å². The second-order valence-corrected chi connectivity index (χ2v) is 7.09. The molecule has 6 nitrogen and oxygen atoms in total. The van der Waals surface area contributed by atoms with E-state index in [9.17, 15) is 4.79 Å². The van der Waals surface area contributed by atoms with E-state index < -0.39 is 5.41 Å². The van der Waals surface area contributed by atoms with Crippen LogP contribution < -0.4 is 5.32 Å². The molecule has 2 heterocycles. The van der Waals surface area contributed by atoms with Crippen LogP contribution in [0.4, 0.5) is 5.69 Å². The zero-order valence-corrected chi connectivity index (χ0v) is 13.7. The van der Waals surface area contributed by atoms with Crippen molar-refractivity contribution in [1.29, 1.82) is 0 Å². The quantitative estimate of drug-likeness (QED) is 0.788. The Bertz CT molecular complexity index is 826. The van der Waals surface area contributed by atoms with Gasteiger partial charge >= 0.3 is 0 Å². The number of fused-ring (bicyclic) bond motifs is 1. The molecule has 2 aromatic heterocycles. The molecule has 0 atom stereocenters. The van der Waals surface area contributed by atoms with E-state index in [0.29, 0.717) is 0 Å². The average molecular weight is 315 g/mol. The van der Waals surface area contributed by atoms with Crippen LogP contribution in [0.25, 0.3) is 15.5 Å². The molecule has 1 aromatic carbocycles. The Hall–Kier alpha value is -2.28. The van der Waals surface area contributed by atoms with Crippen molar-refractivity contribution in [2.75, 3.05) is 5.32 Å². The van der Waals surface area contributed by atoms with Gasteiger partial charge in [-0.15, -0.1) is 10.2 Å². The van der Waals surface area contributed by atoms with Gasteiger partial charge in [0, 0.05) is 16.7 Å². The maximum absolute atomic E-state index is 12.0. The molecule has 0 aliphatic carbocycles. The van der Waals surface area contributed by atoms with Crippen LogP contribution in [0.15, 0.2) is 24.3 Å². The van der Waals surface area contributed by atoms with Gasteiger partial charge in [0.05, 0.1) is 0 Å². The van der Waals surface area contributed by atoms with Crippen molar-refractivity contribution in [2.24, 2.45) is 5.41 Å². The fourth-order valence-corrected chi connectivity index (χ4v) is 2.74. The highest BCUT2D eigenvalue weighted by atomic mass is 32.1. The Morgan fingerprint density at radius 3 is 2.45 bits per heavy atom. The molecule has 0 bridgehead atoms. The maximum Gasteiger partial charge on any atom is 0.234 e. The van der Waals surface area contributed by atoms with Gasteiger partial charge in [0.1, 0.15) is 5.01 Å². The standard InChI is InChI=1S/C15H17N5OS/c1-9-17-18-14-20(9)19-12(22-14)10-5-7-11(8-6-10)16-13(21)15(2,3)4/h5-8H,1-4H3,(H,16,21). The highest BCUT2D eigenvalue weighted by Gasteiger charge is 2.21. The lowest BCUT2D eigenvalue weighted by Crippen LogP contribution is -2.27. The number of nitrogens with one attached hydrogen (secondary N) is 1. The Balaban J connectivity index is 1.83. The van der Waals surface area contributed by atoms with E-state index in [1.54, 1.807) is 4.52 Å². The first-order chi connectivity index (χ1) is 10.3. The zero-order valence-electron chi connectivity index (χ0n) is 12.9. The first-order valence-corrected chi connectivity index (χ1v) is 7.77. The van der Waals surface area contributed by atoms with E-state index in [0.717, 1.165) is 27.0 Å². The third kappa shape index (κ3) is 2.71. The molecule has 3 aromatic rings. The summed E-state index contributed by atoms with van der Waals surface area (Å²) in [4.78, 5) is 12.7. The van der Waals surface area contributed by atoms with E-state index in [4.69, 9.17) is 0 Å². The van der Waals surface area contributed by atoms with Crippen LogP contribution in [0.1, 0.15) is 26.6 Å². The second kappa shape index (κ2) is 5.17. The Labute approximate surface area is 132 Å². The Morgan fingerprint density at radius 2 is 1.86 bits per heavy atom. The minimum absolute atomic E-state index is 0.00494. The van der Waals surface area contributed by atoms with Gasteiger partial charge in [-0.25, -0.2) is 0 Å². The molecule has 7 heteroatoms. The number of benzene rings is 1. The molecule has 0 unspecified atom stereocenters. The topological polar surface area (TPSA) is 72.2 Å². The first-order valence-electron chi connectivity index (χ1n) is 6.95. The van der Waals surface area contributed by atoms with E-state index >= 15 is 0 Å². The van der Waals surface area contributed by atoms with Gasteiger partial charge in [-0.1, -0.05) is 32.1 Å². The predicted molar refractivity (Wildman–Crippen MR) is 86.9 cm³/mol. The number of hydrogen-bond acceptors (Lipinski definition) is 5. The van der Waals surface area contributed by atoms with Gasteiger partial charge in [-0.2, -0.15) is 9.61 Å². The molecule has 0 aliphatic heterocycles. The molecule has 0 radical (unpaired) electrons. The van der Waals surface area contributed by atoms with Crippen molar-refractivity contribution in [3.63, 3.8) is 0 Å². The summed E-state index contributed by atoms with van der Waals surface area (Å²) >= 11 is 1.49. The summed E-state index contributed by atoms with van der Waals surface area (Å²) in [5.74, 6) is 0.765. The van der Waals surface area contributed by atoms with Crippen LogP contribution in [-0.4, -0.2) is 25.7 Å². The minimum atomic E-state index is -0.413. The normalized spacial score (nSPS) is 11.8. The first kappa shape index (κ1) is 14.6. The minimum Gasteiger partial charge on any atom is -0.326 e. The molecule has 0 saturated carbocycles. The highest BCUT2D eigenvalue weighted by molar-refractivity contribution is 7.19. The number of amides is 1. The lowest BCUT2D eigenvalue weighted by Gasteiger charge is -2.17. The van der Waals surface area contributed by atoms with Gasteiger partial charge in [0.15, 0.2) is 5.82 Å². The van der Waals surface area contributed by atoms with Gasteiger partial charge in [0.2, 0.25) is 10.9 Å². The molecule has 3 rings (SSSR count). The molecule has 0 fully saturated rings. The lowest BCUT2D eigenvalue weighted by molar-refractivity contribution is -0.123. The number of carbonyl (C=O) groups is 1. The summed E-state index contributed by atoms with van der Waals surface area (Å²) in [6.07, 6.45) is 0. The van der Waals surface area contributed by atoms with Crippen LogP contribution in [-0.2, 0) is 4.79 Å². The van der Waals surface area contributed by atoms with Crippen molar-refractivity contribution in [1.82, 2.24) is 19.8 Å². The highest BCUT2D eigenvalue weighted by Crippen LogP contribution is 2.27. The van der Waals surface area contributed by atoms with E-state index in [1.807, 2.05) is 52.0 Å². The summed E-state index contributed by atoms with van der Waals surface area (Å²) in [6, 6.07) is 7.65. The number of anilines is 1. The third-order valence-electron chi connectivity index (χ3n) is 3.22. The molecule has 0 saturated heterocycles. The second-order valence-electron chi connectivity index (χ2n) is 6.13. The predicted octanol–water partition coefficient (Wildman–Crippen LogP) is 3.15. The van der Waals surface area contributed by atoms with Gasteiger partial charge in [-0.05, 0) is 31.2 Å². The molecule has 0 spiro atoms. The number of aryl methyl sites for hydroxylation is 1.